The lowest BCUT2D eigenvalue weighted by molar-refractivity contribution is 0.237. The maximum Gasteiger partial charge on any atom is 0.354 e. The first-order chi connectivity index (χ1) is 14.1. The molecule has 0 spiro atoms. The highest BCUT2D eigenvalue weighted by Crippen LogP contribution is 2.71. The van der Waals surface area contributed by atoms with Crippen LogP contribution in [0, 0.1) is 0 Å². The van der Waals surface area contributed by atoms with E-state index in [9.17, 15) is 4.21 Å². The van der Waals surface area contributed by atoms with Crippen molar-refractivity contribution in [3.63, 3.8) is 0 Å². The molecule has 3 heterocycles. The fraction of sp³-hybridized carbons (Fsp3) is 0.444. The lowest BCUT2D eigenvalue weighted by Crippen LogP contribution is -2.08. The van der Waals surface area contributed by atoms with Gasteiger partial charge < -0.3 is 18.1 Å². The second kappa shape index (κ2) is 9.40. The zero-order chi connectivity index (χ0) is 20.0. The summed E-state index contributed by atoms with van der Waals surface area (Å²) in [5.41, 5.74) is 0. The van der Waals surface area contributed by atoms with E-state index in [1.54, 1.807) is 24.3 Å². The molecule has 0 fully saturated rings. The first-order valence-corrected chi connectivity index (χ1v) is 14.2. The molecule has 0 N–H and O–H groups in total. The summed E-state index contributed by atoms with van der Waals surface area (Å²) in [7, 11) is -9.75. The van der Waals surface area contributed by atoms with Crippen LogP contribution >= 0.6 is 15.3 Å². The Hall–Kier alpha value is -1.05. The van der Waals surface area contributed by atoms with Crippen LogP contribution in [-0.4, -0.2) is 30.6 Å². The molecule has 29 heavy (non-hydrogen) atoms. The van der Waals surface area contributed by atoms with E-state index in [0.29, 0.717) is 57.0 Å². The van der Waals surface area contributed by atoms with Crippen LogP contribution in [0.25, 0.3) is 0 Å². The van der Waals surface area contributed by atoms with Crippen molar-refractivity contribution in [3.8, 4) is 0 Å². The predicted octanol–water partition coefficient (Wildman–Crippen LogP) is 6.10. The molecule has 158 valence electrons. The molecule has 3 aliphatic rings. The summed E-state index contributed by atoms with van der Waals surface area (Å²) in [6.45, 7) is 1.43. The number of nitrogens with zero attached hydrogens (tertiary/aromatic N) is 3. The summed E-state index contributed by atoms with van der Waals surface area (Å²) in [4.78, 5) is 0.476. The number of hydrogen-bond donors (Lipinski definition) is 0. The molecule has 1 atom stereocenters. The van der Waals surface area contributed by atoms with Gasteiger partial charge >= 0.3 is 15.3 Å². The van der Waals surface area contributed by atoms with E-state index in [4.69, 9.17) is 22.6 Å². The summed E-state index contributed by atoms with van der Waals surface area (Å²) in [6.07, 6.45) is 10.9. The third kappa shape index (κ3) is 5.17. The molecule has 0 saturated carbocycles. The van der Waals surface area contributed by atoms with Crippen LogP contribution in [0.3, 0.4) is 0 Å². The molecule has 1 aromatic carbocycles. The summed E-state index contributed by atoms with van der Waals surface area (Å²) in [5, 5.41) is 0. The van der Waals surface area contributed by atoms with Crippen LogP contribution in [-0.2, 0) is 28.0 Å². The molecular weight excluding hydrogens is 432 g/mol. The molecule has 1 aromatic rings. The Labute approximate surface area is 172 Å². The average Bonchev–Trinajstić information content (AvgIpc) is 2.76. The van der Waals surface area contributed by atoms with Gasteiger partial charge in [-0.25, -0.2) is 4.21 Å². The van der Waals surface area contributed by atoms with Gasteiger partial charge in [-0.1, -0.05) is 42.5 Å². The summed E-state index contributed by atoms with van der Waals surface area (Å²) in [6, 6.07) is 8.94. The third-order valence-corrected chi connectivity index (χ3v) is 12.4. The van der Waals surface area contributed by atoms with Gasteiger partial charge in [-0.2, -0.15) is 0 Å². The van der Waals surface area contributed by atoms with E-state index in [1.807, 2.05) is 30.4 Å². The minimum Gasteiger partial charge on any atom is -0.306 e. The van der Waals surface area contributed by atoms with Crippen molar-refractivity contribution >= 4 is 25.2 Å². The molecular formula is C18H25N3O5P2S. The Morgan fingerprint density at radius 3 is 1.72 bits per heavy atom. The van der Waals surface area contributed by atoms with Gasteiger partial charge in [0.05, 0.1) is 31.3 Å². The summed E-state index contributed by atoms with van der Waals surface area (Å²) < 4.78 is 52.2. The van der Waals surface area contributed by atoms with Crippen molar-refractivity contribution in [1.29, 1.82) is 0 Å². The highest BCUT2D eigenvalue weighted by atomic mass is 32.2. The SMILES string of the molecule is O=S1(c2ccccc2)=NP23=NP(=N1)(OCC/C=C\CCO2)OCC/C=C\CCO3. The Morgan fingerprint density at radius 1 is 0.724 bits per heavy atom. The normalized spacial score (nSPS) is 37.9. The van der Waals surface area contributed by atoms with Crippen molar-refractivity contribution in [3.05, 3.63) is 54.6 Å². The smallest absolute Gasteiger partial charge is 0.306 e. The quantitative estimate of drug-likeness (QED) is 0.375. The lowest BCUT2D eigenvalue weighted by atomic mass is 10.3. The lowest BCUT2D eigenvalue weighted by Gasteiger charge is -2.29. The van der Waals surface area contributed by atoms with Gasteiger partial charge in [0, 0.05) is 0 Å². The maximum absolute atomic E-state index is 14.0. The van der Waals surface area contributed by atoms with Crippen molar-refractivity contribution in [2.24, 2.45) is 12.8 Å². The van der Waals surface area contributed by atoms with Gasteiger partial charge in [-0.15, -0.1) is 12.8 Å². The molecule has 11 heteroatoms. The molecule has 0 aliphatic carbocycles. The first kappa shape index (κ1) is 21.2. The monoisotopic (exact) mass is 457 g/mol. The highest BCUT2D eigenvalue weighted by Gasteiger charge is 2.39. The molecule has 0 saturated heterocycles. The molecule has 3 aliphatic heterocycles. The van der Waals surface area contributed by atoms with Gasteiger partial charge in [0.2, 0.25) is 0 Å². The Morgan fingerprint density at radius 2 is 1.21 bits per heavy atom. The van der Waals surface area contributed by atoms with Gasteiger partial charge in [-0.3, -0.25) is 0 Å². The van der Waals surface area contributed by atoms with Crippen molar-refractivity contribution in [1.82, 2.24) is 0 Å². The average molecular weight is 457 g/mol. The van der Waals surface area contributed by atoms with E-state index in [2.05, 4.69) is 8.28 Å². The van der Waals surface area contributed by atoms with Crippen molar-refractivity contribution in [2.75, 3.05) is 26.4 Å². The van der Waals surface area contributed by atoms with Crippen molar-refractivity contribution < 1.29 is 22.3 Å². The first-order valence-electron chi connectivity index (χ1n) is 9.63. The fourth-order valence-electron chi connectivity index (χ4n) is 2.87. The molecule has 8 nitrogen and oxygen atoms in total. The zero-order valence-corrected chi connectivity index (χ0v) is 18.6. The van der Waals surface area contributed by atoms with E-state index in [0.717, 1.165) is 0 Å². The van der Waals surface area contributed by atoms with E-state index < -0.39 is 25.2 Å². The van der Waals surface area contributed by atoms with Crippen molar-refractivity contribution in [2.45, 2.75) is 30.6 Å². The van der Waals surface area contributed by atoms with Crippen LogP contribution < -0.4 is 0 Å². The van der Waals surface area contributed by atoms with Crippen LogP contribution in [0.15, 0.2) is 72.3 Å². The van der Waals surface area contributed by atoms with Crippen LogP contribution in [0.4, 0.5) is 0 Å². The molecule has 0 radical (unpaired) electrons. The van der Waals surface area contributed by atoms with Crippen LogP contribution in [0.1, 0.15) is 25.7 Å². The van der Waals surface area contributed by atoms with E-state index >= 15 is 0 Å². The van der Waals surface area contributed by atoms with E-state index in [-0.39, 0.29) is 0 Å². The molecule has 2 bridgehead atoms. The standard InChI is InChI=1S/C18H25N3O5P2S/c22-29(18-12-6-5-7-13-18)20-27-19-28(21-29,24-15-9-2-1-8-14-23-27)26-17-11-4-3-10-16-25-27/h1-7,12-13H,8-11,14-17H2/b2-1-,4-3-. The second-order valence-corrected chi connectivity index (χ2v) is 13.0. The minimum absolute atomic E-state index is 0.359. The van der Waals surface area contributed by atoms with E-state index in [1.165, 1.54) is 0 Å². The molecule has 4 rings (SSSR count). The number of rotatable bonds is 1. The van der Waals surface area contributed by atoms with Gasteiger partial charge in [0.15, 0.2) is 9.92 Å². The zero-order valence-electron chi connectivity index (χ0n) is 16.0. The molecule has 0 amide bonds. The van der Waals surface area contributed by atoms with Gasteiger partial charge in [-0.05, 0) is 37.8 Å². The summed E-state index contributed by atoms with van der Waals surface area (Å²) >= 11 is 0. The Balaban J connectivity index is 1.93. The Kier molecular flexibility index (Phi) is 6.87. The topological polar surface area (TPSA) is 91.1 Å². The molecule has 1 unspecified atom stereocenters. The predicted molar refractivity (Wildman–Crippen MR) is 115 cm³/mol. The fourth-order valence-corrected chi connectivity index (χ4v) is 11.9. The van der Waals surface area contributed by atoms with Crippen LogP contribution in [0.5, 0.6) is 0 Å². The van der Waals surface area contributed by atoms with Crippen LogP contribution in [0.2, 0.25) is 0 Å². The maximum atomic E-state index is 14.0. The molecule has 0 aromatic heterocycles. The largest absolute Gasteiger partial charge is 0.354 e. The van der Waals surface area contributed by atoms with Gasteiger partial charge in [0.25, 0.3) is 0 Å². The summed E-state index contributed by atoms with van der Waals surface area (Å²) in [5.74, 6) is 0. The third-order valence-electron chi connectivity index (χ3n) is 4.21. The van der Waals surface area contributed by atoms with Gasteiger partial charge in [0.1, 0.15) is 0 Å². The number of benzene rings is 1. The minimum atomic E-state index is -3.25. The second-order valence-electron chi connectivity index (χ2n) is 6.47. The number of hydrogen-bond acceptors (Lipinski definition) is 7. The Bertz CT molecular complexity index is 966. The highest BCUT2D eigenvalue weighted by molar-refractivity contribution is 7.99.